The fourth-order valence-electron chi connectivity index (χ4n) is 1.96. The number of carbonyl (C=O) groups is 2. The molecule has 2 rings (SSSR count). The molecule has 1 fully saturated rings. The third-order valence-electron chi connectivity index (χ3n) is 3.24. The number of rotatable bonds is 4. The number of nitrogens with zero attached hydrogens (tertiary/aromatic N) is 1. The SMILES string of the molecule is CC1(CO)CN(c2ccc(CC(=O)O)cc2)NC1=O. The van der Waals surface area contributed by atoms with Crippen molar-refractivity contribution in [1.29, 1.82) is 0 Å². The zero-order valence-corrected chi connectivity index (χ0v) is 10.6. The number of nitrogens with one attached hydrogen (secondary N) is 1. The lowest BCUT2D eigenvalue weighted by atomic mass is 9.92. The van der Waals surface area contributed by atoms with E-state index in [9.17, 15) is 14.7 Å². The Morgan fingerprint density at radius 3 is 2.53 bits per heavy atom. The van der Waals surface area contributed by atoms with Crippen molar-refractivity contribution in [2.75, 3.05) is 18.2 Å². The molecule has 1 atom stereocenters. The molecule has 19 heavy (non-hydrogen) atoms. The molecule has 1 unspecified atom stereocenters. The topological polar surface area (TPSA) is 89.9 Å². The van der Waals surface area contributed by atoms with Crippen LogP contribution in [0, 0.1) is 5.41 Å². The van der Waals surface area contributed by atoms with Crippen molar-refractivity contribution in [1.82, 2.24) is 5.43 Å². The highest BCUT2D eigenvalue weighted by Crippen LogP contribution is 2.27. The third-order valence-corrected chi connectivity index (χ3v) is 3.24. The molecule has 6 nitrogen and oxygen atoms in total. The Labute approximate surface area is 110 Å². The van der Waals surface area contributed by atoms with Gasteiger partial charge in [0.2, 0.25) is 5.91 Å². The van der Waals surface area contributed by atoms with Crippen LogP contribution >= 0.6 is 0 Å². The minimum Gasteiger partial charge on any atom is -0.481 e. The summed E-state index contributed by atoms with van der Waals surface area (Å²) in [6.45, 7) is 1.86. The number of hydrazine groups is 1. The minimum atomic E-state index is -0.880. The molecule has 1 aromatic rings. The average molecular weight is 264 g/mol. The first-order valence-electron chi connectivity index (χ1n) is 5.95. The number of hydrogen-bond acceptors (Lipinski definition) is 4. The Hall–Kier alpha value is -2.08. The van der Waals surface area contributed by atoms with Gasteiger partial charge in [0, 0.05) is 0 Å². The summed E-state index contributed by atoms with van der Waals surface area (Å²) < 4.78 is 0. The van der Waals surface area contributed by atoms with Gasteiger partial charge in [-0.25, -0.2) is 0 Å². The zero-order valence-electron chi connectivity index (χ0n) is 10.6. The number of aliphatic hydroxyl groups excluding tert-OH is 1. The molecule has 6 heteroatoms. The number of carboxylic acids is 1. The molecule has 0 aromatic heterocycles. The largest absolute Gasteiger partial charge is 0.481 e. The van der Waals surface area contributed by atoms with E-state index in [-0.39, 0.29) is 18.9 Å². The fraction of sp³-hybridized carbons (Fsp3) is 0.385. The first-order chi connectivity index (χ1) is 8.94. The lowest BCUT2D eigenvalue weighted by Crippen LogP contribution is -2.34. The lowest BCUT2D eigenvalue weighted by molar-refractivity contribution is -0.136. The van der Waals surface area contributed by atoms with Crippen LogP contribution in [0.15, 0.2) is 24.3 Å². The van der Waals surface area contributed by atoms with Crippen LogP contribution in [0.25, 0.3) is 0 Å². The molecule has 1 amide bonds. The van der Waals surface area contributed by atoms with Gasteiger partial charge in [-0.1, -0.05) is 12.1 Å². The van der Waals surface area contributed by atoms with Crippen molar-refractivity contribution in [3.05, 3.63) is 29.8 Å². The van der Waals surface area contributed by atoms with Gasteiger partial charge < -0.3 is 10.2 Å². The maximum absolute atomic E-state index is 11.7. The Morgan fingerprint density at radius 2 is 2.05 bits per heavy atom. The summed E-state index contributed by atoms with van der Waals surface area (Å²) in [5.74, 6) is -1.10. The first kappa shape index (κ1) is 13.4. The Morgan fingerprint density at radius 1 is 1.42 bits per heavy atom. The second kappa shape index (κ2) is 4.89. The average Bonchev–Trinajstić information content (AvgIpc) is 2.67. The van der Waals surface area contributed by atoms with Crippen molar-refractivity contribution in [3.63, 3.8) is 0 Å². The number of anilines is 1. The quantitative estimate of drug-likeness (QED) is 0.721. The molecule has 1 heterocycles. The second-order valence-corrected chi connectivity index (χ2v) is 4.98. The first-order valence-corrected chi connectivity index (χ1v) is 5.95. The van der Waals surface area contributed by atoms with Gasteiger partial charge in [0.15, 0.2) is 0 Å². The van der Waals surface area contributed by atoms with Crippen molar-refractivity contribution < 1.29 is 19.8 Å². The van der Waals surface area contributed by atoms with Crippen LogP contribution in [0.1, 0.15) is 12.5 Å². The monoisotopic (exact) mass is 264 g/mol. The van der Waals surface area contributed by atoms with Crippen molar-refractivity contribution in [2.24, 2.45) is 5.41 Å². The van der Waals surface area contributed by atoms with E-state index in [1.54, 1.807) is 36.2 Å². The molecule has 1 aliphatic heterocycles. The fourth-order valence-corrected chi connectivity index (χ4v) is 1.96. The molecule has 1 aliphatic rings. The maximum atomic E-state index is 11.7. The van der Waals surface area contributed by atoms with Crippen molar-refractivity contribution in [2.45, 2.75) is 13.3 Å². The third kappa shape index (κ3) is 2.68. The van der Waals surface area contributed by atoms with Crippen LogP contribution in [-0.4, -0.2) is 35.2 Å². The molecule has 0 saturated carbocycles. The second-order valence-electron chi connectivity index (χ2n) is 4.98. The summed E-state index contributed by atoms with van der Waals surface area (Å²) in [5, 5.41) is 19.6. The summed E-state index contributed by atoms with van der Waals surface area (Å²) >= 11 is 0. The van der Waals surface area contributed by atoms with Crippen LogP contribution in [0.3, 0.4) is 0 Å². The molecule has 3 N–H and O–H groups in total. The van der Waals surface area contributed by atoms with Crippen molar-refractivity contribution in [3.8, 4) is 0 Å². The van der Waals surface area contributed by atoms with Crippen LogP contribution in [0.2, 0.25) is 0 Å². The van der Waals surface area contributed by atoms with E-state index in [4.69, 9.17) is 5.11 Å². The Balaban J connectivity index is 2.12. The minimum absolute atomic E-state index is 0.0268. The van der Waals surface area contributed by atoms with Crippen LogP contribution in [-0.2, 0) is 16.0 Å². The van der Waals surface area contributed by atoms with Gasteiger partial charge in [0.25, 0.3) is 0 Å². The van der Waals surface area contributed by atoms with Crippen molar-refractivity contribution >= 4 is 17.6 Å². The van der Waals surface area contributed by atoms with E-state index in [2.05, 4.69) is 5.43 Å². The molecular formula is C13H16N2O4. The van der Waals surface area contributed by atoms with E-state index < -0.39 is 11.4 Å². The smallest absolute Gasteiger partial charge is 0.307 e. The molecule has 0 aliphatic carbocycles. The standard InChI is InChI=1S/C13H16N2O4/c1-13(8-16)7-15(14-12(13)19)10-4-2-9(3-5-10)6-11(17)18/h2-5,16H,6-8H2,1H3,(H,14,19)(H,17,18). The lowest BCUT2D eigenvalue weighted by Gasteiger charge is -2.19. The van der Waals surface area contributed by atoms with E-state index in [0.29, 0.717) is 12.1 Å². The predicted octanol–water partition coefficient (Wildman–Crippen LogP) is 0.163. The van der Waals surface area contributed by atoms with Gasteiger partial charge in [0.05, 0.1) is 30.7 Å². The van der Waals surface area contributed by atoms with Crippen LogP contribution in [0.4, 0.5) is 5.69 Å². The van der Waals surface area contributed by atoms with Gasteiger partial charge in [-0.2, -0.15) is 0 Å². The molecular weight excluding hydrogens is 248 g/mol. The van der Waals surface area contributed by atoms with Gasteiger partial charge in [-0.05, 0) is 24.6 Å². The van der Waals surface area contributed by atoms with E-state index in [1.807, 2.05) is 0 Å². The number of benzene rings is 1. The zero-order chi connectivity index (χ0) is 14.0. The van der Waals surface area contributed by atoms with E-state index >= 15 is 0 Å². The van der Waals surface area contributed by atoms with Crippen LogP contribution < -0.4 is 10.4 Å². The highest BCUT2D eigenvalue weighted by atomic mass is 16.4. The summed E-state index contributed by atoms with van der Waals surface area (Å²) in [7, 11) is 0. The van der Waals surface area contributed by atoms with Gasteiger partial charge in [-0.15, -0.1) is 0 Å². The number of hydrogen-bond donors (Lipinski definition) is 3. The van der Waals surface area contributed by atoms with Gasteiger partial charge in [0.1, 0.15) is 0 Å². The number of carboxylic acid groups (broad SMARTS) is 1. The summed E-state index contributed by atoms with van der Waals surface area (Å²) in [6, 6.07) is 6.93. The predicted molar refractivity (Wildman–Crippen MR) is 68.5 cm³/mol. The molecule has 102 valence electrons. The highest BCUT2D eigenvalue weighted by Gasteiger charge is 2.41. The Bertz CT molecular complexity index is 500. The maximum Gasteiger partial charge on any atom is 0.307 e. The molecule has 1 aromatic carbocycles. The summed E-state index contributed by atoms with van der Waals surface area (Å²) in [5.41, 5.74) is 3.35. The number of carbonyl (C=O) groups excluding carboxylic acids is 1. The number of aliphatic hydroxyl groups is 1. The molecule has 0 bridgehead atoms. The molecule has 0 spiro atoms. The highest BCUT2D eigenvalue weighted by molar-refractivity contribution is 5.87. The number of aliphatic carboxylic acids is 1. The van der Waals surface area contributed by atoms with Gasteiger partial charge in [-0.3, -0.25) is 20.0 Å². The van der Waals surface area contributed by atoms with Crippen LogP contribution in [0.5, 0.6) is 0 Å². The molecule has 1 saturated heterocycles. The summed E-state index contributed by atoms with van der Waals surface area (Å²) in [4.78, 5) is 22.3. The Kier molecular flexibility index (Phi) is 3.44. The normalized spacial score (nSPS) is 22.4. The van der Waals surface area contributed by atoms with Gasteiger partial charge >= 0.3 is 5.97 Å². The van der Waals surface area contributed by atoms with E-state index in [0.717, 1.165) is 5.69 Å². The molecule has 0 radical (unpaired) electrons. The summed E-state index contributed by atoms with van der Waals surface area (Å²) in [6.07, 6.45) is -0.0268. The number of amides is 1. The van der Waals surface area contributed by atoms with E-state index in [1.165, 1.54) is 0 Å².